The number of ether oxygens (including phenoxy) is 1. The summed E-state index contributed by atoms with van der Waals surface area (Å²) in [7, 11) is 0. The number of amides is 1. The van der Waals surface area contributed by atoms with Gasteiger partial charge in [0.1, 0.15) is 5.75 Å². The molecule has 0 aliphatic heterocycles. The zero-order valence-corrected chi connectivity index (χ0v) is 18.2. The SMILES string of the molecule is O=C(COc1ccccc1CNc1ccc(Br)cc1)Nc1ccc(I)cc1. The molecule has 3 aromatic rings. The second-order valence-corrected chi connectivity index (χ2v) is 7.97. The van der Waals surface area contributed by atoms with Gasteiger partial charge in [0.2, 0.25) is 0 Å². The van der Waals surface area contributed by atoms with E-state index in [1.807, 2.05) is 72.8 Å². The quantitative estimate of drug-likeness (QED) is 0.382. The van der Waals surface area contributed by atoms with E-state index in [9.17, 15) is 4.79 Å². The van der Waals surface area contributed by atoms with Gasteiger partial charge in [0.05, 0.1) is 0 Å². The Morgan fingerprint density at radius 3 is 2.33 bits per heavy atom. The van der Waals surface area contributed by atoms with Crippen LogP contribution in [0.2, 0.25) is 0 Å². The molecule has 1 amide bonds. The van der Waals surface area contributed by atoms with Gasteiger partial charge in [0.15, 0.2) is 6.61 Å². The van der Waals surface area contributed by atoms with Crippen molar-refractivity contribution in [2.45, 2.75) is 6.54 Å². The molecule has 0 bridgehead atoms. The predicted octanol–water partition coefficient (Wildman–Crippen LogP) is 5.68. The molecule has 3 rings (SSSR count). The second-order valence-electron chi connectivity index (χ2n) is 5.81. The van der Waals surface area contributed by atoms with Crippen LogP contribution in [-0.4, -0.2) is 12.5 Å². The van der Waals surface area contributed by atoms with Crippen LogP contribution in [0.15, 0.2) is 77.3 Å². The van der Waals surface area contributed by atoms with E-state index in [-0.39, 0.29) is 12.5 Å². The maximum absolute atomic E-state index is 12.1. The third kappa shape index (κ3) is 6.25. The van der Waals surface area contributed by atoms with Crippen molar-refractivity contribution >= 4 is 55.8 Å². The largest absolute Gasteiger partial charge is 0.483 e. The van der Waals surface area contributed by atoms with E-state index in [0.29, 0.717) is 12.3 Å². The molecular formula is C21H18BrIN2O2. The van der Waals surface area contributed by atoms with Crippen molar-refractivity contribution in [3.8, 4) is 5.75 Å². The highest BCUT2D eigenvalue weighted by Crippen LogP contribution is 2.21. The van der Waals surface area contributed by atoms with Gasteiger partial charge < -0.3 is 15.4 Å². The van der Waals surface area contributed by atoms with Crippen molar-refractivity contribution < 1.29 is 9.53 Å². The molecule has 0 aromatic heterocycles. The van der Waals surface area contributed by atoms with Crippen LogP contribution >= 0.6 is 38.5 Å². The predicted molar refractivity (Wildman–Crippen MR) is 121 cm³/mol. The minimum absolute atomic E-state index is 0.0404. The zero-order chi connectivity index (χ0) is 19.1. The summed E-state index contributed by atoms with van der Waals surface area (Å²) in [6.45, 7) is 0.567. The molecule has 2 N–H and O–H groups in total. The van der Waals surface area contributed by atoms with E-state index >= 15 is 0 Å². The lowest BCUT2D eigenvalue weighted by Crippen LogP contribution is -2.20. The van der Waals surface area contributed by atoms with Crippen molar-refractivity contribution in [3.63, 3.8) is 0 Å². The molecule has 0 fully saturated rings. The third-order valence-electron chi connectivity index (χ3n) is 3.79. The van der Waals surface area contributed by atoms with Crippen LogP contribution in [0.5, 0.6) is 5.75 Å². The molecule has 27 heavy (non-hydrogen) atoms. The first kappa shape index (κ1) is 19.7. The second kappa shape index (κ2) is 9.75. The molecule has 0 spiro atoms. The minimum atomic E-state index is -0.188. The monoisotopic (exact) mass is 536 g/mol. The molecule has 0 radical (unpaired) electrons. The average molecular weight is 537 g/mol. The number of benzene rings is 3. The summed E-state index contributed by atoms with van der Waals surface area (Å²) >= 11 is 5.65. The summed E-state index contributed by atoms with van der Waals surface area (Å²) in [5.74, 6) is 0.506. The van der Waals surface area contributed by atoms with Crippen LogP contribution in [0.3, 0.4) is 0 Å². The molecule has 3 aromatic carbocycles. The lowest BCUT2D eigenvalue weighted by Gasteiger charge is -2.13. The highest BCUT2D eigenvalue weighted by Gasteiger charge is 2.07. The number of carbonyl (C=O) groups is 1. The third-order valence-corrected chi connectivity index (χ3v) is 5.03. The van der Waals surface area contributed by atoms with Gasteiger partial charge in [-0.2, -0.15) is 0 Å². The van der Waals surface area contributed by atoms with Crippen LogP contribution in [0.25, 0.3) is 0 Å². The summed E-state index contributed by atoms with van der Waals surface area (Å²) < 4.78 is 7.90. The van der Waals surface area contributed by atoms with Gasteiger partial charge in [-0.25, -0.2) is 0 Å². The summed E-state index contributed by atoms with van der Waals surface area (Å²) in [5, 5.41) is 6.19. The van der Waals surface area contributed by atoms with Gasteiger partial charge in [0.25, 0.3) is 5.91 Å². The van der Waals surface area contributed by atoms with Crippen LogP contribution < -0.4 is 15.4 Å². The van der Waals surface area contributed by atoms with Crippen molar-refractivity contribution in [1.82, 2.24) is 0 Å². The number of para-hydroxylation sites is 1. The summed E-state index contributed by atoms with van der Waals surface area (Å²) in [4.78, 5) is 12.1. The van der Waals surface area contributed by atoms with Crippen LogP contribution in [0.4, 0.5) is 11.4 Å². The molecule has 138 valence electrons. The number of carbonyl (C=O) groups excluding carboxylic acids is 1. The first-order valence-corrected chi connectivity index (χ1v) is 10.2. The van der Waals surface area contributed by atoms with E-state index in [0.717, 1.165) is 25.0 Å². The maximum Gasteiger partial charge on any atom is 0.262 e. The molecule has 0 heterocycles. The van der Waals surface area contributed by atoms with Crippen molar-refractivity contribution in [2.75, 3.05) is 17.2 Å². The van der Waals surface area contributed by atoms with E-state index in [4.69, 9.17) is 4.74 Å². The minimum Gasteiger partial charge on any atom is -0.483 e. The lowest BCUT2D eigenvalue weighted by molar-refractivity contribution is -0.118. The van der Waals surface area contributed by atoms with Crippen LogP contribution in [0.1, 0.15) is 5.56 Å². The summed E-state index contributed by atoms with van der Waals surface area (Å²) in [6.07, 6.45) is 0. The fraction of sp³-hybridized carbons (Fsp3) is 0.0952. The van der Waals surface area contributed by atoms with Gasteiger partial charge in [-0.1, -0.05) is 34.1 Å². The average Bonchev–Trinajstić information content (AvgIpc) is 2.68. The van der Waals surface area contributed by atoms with E-state index in [1.54, 1.807) is 0 Å². The topological polar surface area (TPSA) is 50.4 Å². The van der Waals surface area contributed by atoms with Gasteiger partial charge in [-0.3, -0.25) is 4.79 Å². The van der Waals surface area contributed by atoms with E-state index < -0.39 is 0 Å². The molecule has 0 aliphatic rings. The van der Waals surface area contributed by atoms with Crippen molar-refractivity contribution in [2.24, 2.45) is 0 Å². The highest BCUT2D eigenvalue weighted by atomic mass is 127. The smallest absolute Gasteiger partial charge is 0.262 e. The molecule has 4 nitrogen and oxygen atoms in total. The maximum atomic E-state index is 12.1. The van der Waals surface area contributed by atoms with Gasteiger partial charge in [-0.05, 0) is 77.2 Å². The molecule has 0 saturated carbocycles. The number of hydrogen-bond donors (Lipinski definition) is 2. The number of anilines is 2. The molecule has 0 unspecified atom stereocenters. The van der Waals surface area contributed by atoms with Gasteiger partial charge in [0, 0.05) is 31.5 Å². The Morgan fingerprint density at radius 2 is 1.59 bits per heavy atom. The van der Waals surface area contributed by atoms with Crippen LogP contribution in [-0.2, 0) is 11.3 Å². The Morgan fingerprint density at radius 1 is 0.926 bits per heavy atom. The van der Waals surface area contributed by atoms with Crippen molar-refractivity contribution in [1.29, 1.82) is 0 Å². The summed E-state index contributed by atoms with van der Waals surface area (Å²) in [5.41, 5.74) is 2.76. The Hall–Kier alpha value is -2.06. The van der Waals surface area contributed by atoms with E-state index in [2.05, 4.69) is 49.2 Å². The van der Waals surface area contributed by atoms with Crippen molar-refractivity contribution in [3.05, 3.63) is 86.4 Å². The summed E-state index contributed by atoms with van der Waals surface area (Å²) in [6, 6.07) is 23.3. The molecule has 0 aliphatic carbocycles. The number of hydrogen-bond acceptors (Lipinski definition) is 3. The molecular weight excluding hydrogens is 519 g/mol. The van der Waals surface area contributed by atoms with Gasteiger partial charge >= 0.3 is 0 Å². The zero-order valence-electron chi connectivity index (χ0n) is 14.4. The standard InChI is InChI=1S/C21H18BrIN2O2/c22-16-5-9-18(10-6-16)24-13-15-3-1-2-4-20(15)27-14-21(26)25-19-11-7-17(23)8-12-19/h1-12,24H,13-14H2,(H,25,26). The first-order chi connectivity index (χ1) is 13.1. The Labute approximate surface area is 180 Å². The Kier molecular flexibility index (Phi) is 7.11. The fourth-order valence-electron chi connectivity index (χ4n) is 2.43. The normalized spacial score (nSPS) is 10.3. The molecule has 6 heteroatoms. The Bertz CT molecular complexity index is 899. The van der Waals surface area contributed by atoms with E-state index in [1.165, 1.54) is 0 Å². The lowest BCUT2D eigenvalue weighted by atomic mass is 10.2. The molecule has 0 atom stereocenters. The number of nitrogens with one attached hydrogen (secondary N) is 2. The highest BCUT2D eigenvalue weighted by molar-refractivity contribution is 14.1. The first-order valence-electron chi connectivity index (χ1n) is 8.36. The Balaban J connectivity index is 1.56. The molecule has 0 saturated heterocycles. The number of rotatable bonds is 7. The van der Waals surface area contributed by atoms with Crippen LogP contribution in [0, 0.1) is 3.57 Å². The number of halogens is 2. The fourth-order valence-corrected chi connectivity index (χ4v) is 3.05. The van der Waals surface area contributed by atoms with Gasteiger partial charge in [-0.15, -0.1) is 0 Å².